The van der Waals surface area contributed by atoms with Crippen LogP contribution in [0.3, 0.4) is 0 Å². The number of hydrogen-bond acceptors (Lipinski definition) is 5. The molecule has 3 heterocycles. The van der Waals surface area contributed by atoms with Gasteiger partial charge in [0.25, 0.3) is 11.6 Å². The molecule has 3 aromatic heterocycles. The maximum Gasteiger partial charge on any atom is 0.408 e. The van der Waals surface area contributed by atoms with Crippen molar-refractivity contribution in [2.24, 2.45) is 0 Å². The molecule has 0 amide bonds. The van der Waals surface area contributed by atoms with Crippen LogP contribution < -0.4 is 42.4 Å². The van der Waals surface area contributed by atoms with Gasteiger partial charge in [-0.05, 0) is 43.5 Å². The van der Waals surface area contributed by atoms with E-state index in [0.717, 1.165) is 67.0 Å². The molecule has 0 saturated heterocycles. The fourth-order valence-corrected chi connectivity index (χ4v) is 3.01. The molecule has 0 unspecified atom stereocenters. The Balaban J connectivity index is 0.000000489. The Hall–Kier alpha value is -1.69. The van der Waals surface area contributed by atoms with Crippen LogP contribution in [0.25, 0.3) is 0 Å². The SMILES string of the molecule is BrCCCNc1cccc[nH+]1.OCCCNc1ccccn1.[B][n+]1ccccc1NCCCBr.[Br-]. The highest BCUT2D eigenvalue weighted by Gasteiger charge is 2.00. The fourth-order valence-electron chi connectivity index (χ4n) is 2.44. The summed E-state index contributed by atoms with van der Waals surface area (Å²) >= 11 is 6.74. The average molecular weight is 674 g/mol. The molecule has 7 nitrogen and oxygen atoms in total. The maximum absolute atomic E-state index is 8.48. The number of nitrogens with one attached hydrogen (secondary N) is 4. The normalized spacial score (nSPS) is 9.34. The van der Waals surface area contributed by atoms with Crippen molar-refractivity contribution in [2.45, 2.75) is 19.3 Å². The van der Waals surface area contributed by atoms with Crippen molar-refractivity contribution in [3.8, 4) is 0 Å². The van der Waals surface area contributed by atoms with E-state index in [4.69, 9.17) is 13.1 Å². The van der Waals surface area contributed by atoms with Crippen molar-refractivity contribution in [1.82, 2.24) is 4.98 Å². The van der Waals surface area contributed by atoms with Gasteiger partial charge in [-0.2, -0.15) is 0 Å². The number of rotatable bonds is 12. The average Bonchev–Trinajstić information content (AvgIpc) is 2.88. The van der Waals surface area contributed by atoms with Gasteiger partial charge in [-0.1, -0.05) is 50.1 Å². The predicted molar refractivity (Wildman–Crippen MR) is 149 cm³/mol. The number of aromatic nitrogens is 3. The van der Waals surface area contributed by atoms with Crippen molar-refractivity contribution >= 4 is 57.3 Å². The number of hydrogen-bond donors (Lipinski definition) is 4. The number of halogens is 3. The number of alkyl halides is 2. The Morgan fingerprint density at radius 2 is 1.54 bits per heavy atom. The van der Waals surface area contributed by atoms with E-state index in [-0.39, 0.29) is 23.6 Å². The van der Waals surface area contributed by atoms with Crippen LogP contribution in [0.2, 0.25) is 0 Å². The topological polar surface area (TPSA) is 87.2 Å². The molecular formula is C24H35BBr3N6O+. The molecule has 35 heavy (non-hydrogen) atoms. The van der Waals surface area contributed by atoms with Gasteiger partial charge < -0.3 is 31.9 Å². The van der Waals surface area contributed by atoms with Gasteiger partial charge in [0.15, 0.2) is 0 Å². The van der Waals surface area contributed by atoms with Gasteiger partial charge in [-0.15, -0.1) is 0 Å². The molecule has 3 rings (SSSR count). The first kappa shape index (κ1) is 33.3. The molecule has 2 radical (unpaired) electrons. The number of aliphatic hydroxyl groups is 1. The number of pyridine rings is 3. The molecule has 0 aliphatic heterocycles. The van der Waals surface area contributed by atoms with E-state index < -0.39 is 0 Å². The number of nitrogens with zero attached hydrogens (tertiary/aromatic N) is 2. The van der Waals surface area contributed by atoms with Crippen molar-refractivity contribution in [2.75, 3.05) is 52.9 Å². The molecule has 190 valence electrons. The van der Waals surface area contributed by atoms with Gasteiger partial charge in [0.05, 0.1) is 25.5 Å². The summed E-state index contributed by atoms with van der Waals surface area (Å²) < 4.78 is 1.58. The third-order valence-electron chi connectivity index (χ3n) is 4.15. The summed E-state index contributed by atoms with van der Waals surface area (Å²) in [5, 5.41) is 20.1. The minimum atomic E-state index is 0. The molecule has 0 aromatic carbocycles. The molecule has 0 atom stereocenters. The Bertz CT molecular complexity index is 807. The van der Waals surface area contributed by atoms with Gasteiger partial charge in [0.1, 0.15) is 5.82 Å². The van der Waals surface area contributed by atoms with Gasteiger partial charge in [0, 0.05) is 42.1 Å². The van der Waals surface area contributed by atoms with Crippen LogP contribution in [0, 0.1) is 0 Å². The first-order chi connectivity index (χ1) is 16.7. The minimum absolute atomic E-state index is 0. The van der Waals surface area contributed by atoms with E-state index in [1.54, 1.807) is 10.7 Å². The lowest BCUT2D eigenvalue weighted by molar-refractivity contribution is -0.505. The Morgan fingerprint density at radius 1 is 0.857 bits per heavy atom. The third kappa shape index (κ3) is 18.3. The zero-order chi connectivity index (χ0) is 24.7. The highest BCUT2D eigenvalue weighted by Crippen LogP contribution is 1.99. The minimum Gasteiger partial charge on any atom is -1.00 e. The summed E-state index contributed by atoms with van der Waals surface area (Å²) in [5.41, 5.74) is 0. The Morgan fingerprint density at radius 3 is 2.14 bits per heavy atom. The lowest BCUT2D eigenvalue weighted by Gasteiger charge is -2.01. The van der Waals surface area contributed by atoms with Gasteiger partial charge in [-0.3, -0.25) is 10.6 Å². The van der Waals surface area contributed by atoms with Crippen LogP contribution >= 0.6 is 31.9 Å². The molecular weight excluding hydrogens is 639 g/mol. The van der Waals surface area contributed by atoms with Crippen LogP contribution in [0.4, 0.5) is 17.5 Å². The summed E-state index contributed by atoms with van der Waals surface area (Å²) in [6.07, 6.45) is 8.46. The molecule has 0 bridgehead atoms. The first-order valence-corrected chi connectivity index (χ1v) is 13.5. The zero-order valence-corrected chi connectivity index (χ0v) is 24.6. The number of aromatic amines is 1. The molecule has 0 fully saturated rings. The smallest absolute Gasteiger partial charge is 0.408 e. The highest BCUT2D eigenvalue weighted by atomic mass is 79.9. The van der Waals surface area contributed by atoms with E-state index >= 15 is 0 Å². The molecule has 5 N–H and O–H groups in total. The number of anilines is 3. The summed E-state index contributed by atoms with van der Waals surface area (Å²) in [7, 11) is 5.65. The van der Waals surface area contributed by atoms with E-state index in [1.165, 1.54) is 0 Å². The maximum atomic E-state index is 8.48. The van der Waals surface area contributed by atoms with E-state index in [1.807, 2.05) is 67.0 Å². The first-order valence-electron chi connectivity index (χ1n) is 11.3. The molecule has 3 aromatic rings. The molecule has 0 spiro atoms. The summed E-state index contributed by atoms with van der Waals surface area (Å²) in [4.78, 5) is 7.16. The molecule has 0 saturated carbocycles. The van der Waals surface area contributed by atoms with Crippen molar-refractivity contribution < 1.29 is 31.6 Å². The van der Waals surface area contributed by atoms with Crippen LogP contribution in [0.5, 0.6) is 0 Å². The van der Waals surface area contributed by atoms with Crippen molar-refractivity contribution in [3.05, 3.63) is 73.2 Å². The second-order valence-corrected chi connectivity index (χ2v) is 8.51. The standard InChI is InChI=1S/C8H11BBrN2.C8H11BrN2.C8H12N2O.BrH/c9-12-7-2-1-4-8(12)11-6-3-5-10;9-5-3-7-11-8-4-1-2-6-10-8;11-7-3-6-10-8-4-1-2-5-9-8;/h1-2,4,7,11H,3,5-6H2;1-2,4,6H,3,5,7H2,(H,10,11);1-2,4-5,11H,3,6-7H2,(H,9,10);1H/q+1;;;. The van der Waals surface area contributed by atoms with Crippen LogP contribution in [0.15, 0.2) is 73.2 Å². The second-order valence-electron chi connectivity index (χ2n) is 6.93. The molecule has 0 aliphatic carbocycles. The monoisotopic (exact) mass is 671 g/mol. The molecule has 11 heteroatoms. The fraction of sp³-hybridized carbons (Fsp3) is 0.375. The highest BCUT2D eigenvalue weighted by molar-refractivity contribution is 9.09. The van der Waals surface area contributed by atoms with Crippen LogP contribution in [0.1, 0.15) is 19.3 Å². The summed E-state index contributed by atoms with van der Waals surface area (Å²) in [6.45, 7) is 2.94. The number of H-pyrrole nitrogens is 1. The van der Waals surface area contributed by atoms with E-state index in [9.17, 15) is 0 Å². The summed E-state index contributed by atoms with van der Waals surface area (Å²) in [6, 6.07) is 17.5. The largest absolute Gasteiger partial charge is 1.00 e. The lowest BCUT2D eigenvalue weighted by atomic mass is 10.3. The van der Waals surface area contributed by atoms with E-state index in [2.05, 4.69) is 57.8 Å². The zero-order valence-electron chi connectivity index (χ0n) is 19.8. The van der Waals surface area contributed by atoms with Crippen molar-refractivity contribution in [1.29, 1.82) is 0 Å². The predicted octanol–water partition coefficient (Wildman–Crippen LogP) is 0.680. The Kier molecular flexibility index (Phi) is 22.9. The van der Waals surface area contributed by atoms with Gasteiger partial charge in [-0.25, -0.2) is 9.97 Å². The Labute approximate surface area is 238 Å². The van der Waals surface area contributed by atoms with E-state index in [0.29, 0.717) is 0 Å². The molecule has 0 aliphatic rings. The van der Waals surface area contributed by atoms with Gasteiger partial charge in [0.2, 0.25) is 0 Å². The quantitative estimate of drug-likeness (QED) is 0.129. The van der Waals surface area contributed by atoms with Gasteiger partial charge >= 0.3 is 7.98 Å². The lowest BCUT2D eigenvalue weighted by Crippen LogP contribution is -3.00. The van der Waals surface area contributed by atoms with Crippen LogP contribution in [-0.2, 0) is 0 Å². The van der Waals surface area contributed by atoms with Crippen LogP contribution in [-0.4, -0.2) is 55.0 Å². The number of aliphatic hydroxyl groups excluding tert-OH is 1. The third-order valence-corrected chi connectivity index (χ3v) is 5.27. The summed E-state index contributed by atoms with van der Waals surface area (Å²) in [5.74, 6) is 2.88. The van der Waals surface area contributed by atoms with Crippen molar-refractivity contribution in [3.63, 3.8) is 0 Å². The second kappa shape index (κ2) is 24.0.